The number of ketones is 1. The molecule has 0 amide bonds. The number of thioether (sulfide) groups is 1. The Kier molecular flexibility index (Phi) is 3.68. The van der Waals surface area contributed by atoms with E-state index in [1.54, 1.807) is 12.1 Å². The third kappa shape index (κ3) is 2.67. The molecule has 0 saturated carbocycles. The van der Waals surface area contributed by atoms with Gasteiger partial charge in [-0.05, 0) is 5.21 Å². The molecule has 0 aliphatic heterocycles. The zero-order chi connectivity index (χ0) is 11.4. The highest BCUT2D eigenvalue weighted by Gasteiger charge is 2.19. The third-order valence-electron chi connectivity index (χ3n) is 1.80. The van der Waals surface area contributed by atoms with E-state index in [0.29, 0.717) is 10.7 Å². The lowest BCUT2D eigenvalue weighted by Crippen LogP contribution is -2.10. The van der Waals surface area contributed by atoms with Crippen molar-refractivity contribution in [2.45, 2.75) is 9.32 Å². The van der Waals surface area contributed by atoms with Gasteiger partial charge in [-0.3, -0.25) is 4.79 Å². The molecule has 0 spiro atoms. The molecular formula is C9H7BrN4OS. The van der Waals surface area contributed by atoms with E-state index in [1.165, 1.54) is 11.8 Å². The Morgan fingerprint density at radius 2 is 2.12 bits per heavy atom. The summed E-state index contributed by atoms with van der Waals surface area (Å²) in [7, 11) is 0. The van der Waals surface area contributed by atoms with Crippen molar-refractivity contribution in [2.24, 2.45) is 0 Å². The summed E-state index contributed by atoms with van der Waals surface area (Å²) in [5, 5.41) is 13.7. The van der Waals surface area contributed by atoms with Crippen molar-refractivity contribution in [3.63, 3.8) is 0 Å². The van der Waals surface area contributed by atoms with Crippen LogP contribution >= 0.6 is 27.7 Å². The normalized spacial score (nSPS) is 12.3. The summed E-state index contributed by atoms with van der Waals surface area (Å²) in [6.45, 7) is 0. The van der Waals surface area contributed by atoms with Gasteiger partial charge in [-0.1, -0.05) is 58.0 Å². The summed E-state index contributed by atoms with van der Waals surface area (Å²) in [6, 6.07) is 9.06. The second-order valence-corrected chi connectivity index (χ2v) is 5.45. The maximum Gasteiger partial charge on any atom is 0.232 e. The Morgan fingerprint density at radius 1 is 1.38 bits per heavy atom. The Hall–Kier alpha value is -1.21. The monoisotopic (exact) mass is 298 g/mol. The number of hydrogen-bond acceptors (Lipinski definition) is 5. The van der Waals surface area contributed by atoms with Gasteiger partial charge in [0.2, 0.25) is 5.16 Å². The van der Waals surface area contributed by atoms with Crippen LogP contribution in [-0.2, 0) is 0 Å². The van der Waals surface area contributed by atoms with Crippen LogP contribution < -0.4 is 0 Å². The van der Waals surface area contributed by atoms with Gasteiger partial charge in [0.15, 0.2) is 5.78 Å². The number of H-pyrrole nitrogens is 1. The predicted molar refractivity (Wildman–Crippen MR) is 63.5 cm³/mol. The van der Waals surface area contributed by atoms with Crippen LogP contribution in [0.5, 0.6) is 0 Å². The third-order valence-corrected chi connectivity index (χ3v) is 3.58. The number of benzene rings is 1. The summed E-state index contributed by atoms with van der Waals surface area (Å²) in [5.74, 6) is -0.0181. The average Bonchev–Trinajstić information content (AvgIpc) is 2.82. The van der Waals surface area contributed by atoms with Crippen molar-refractivity contribution in [1.29, 1.82) is 0 Å². The number of nitrogens with one attached hydrogen (secondary N) is 1. The SMILES string of the molecule is O=C(c1ccccc1)C(Br)Sc1nn[nH]n1. The number of carbonyl (C=O) groups excluding carboxylic acids is 1. The fourth-order valence-corrected chi connectivity index (χ4v) is 2.46. The second kappa shape index (κ2) is 5.22. The number of halogens is 1. The molecule has 16 heavy (non-hydrogen) atoms. The van der Waals surface area contributed by atoms with Gasteiger partial charge in [-0.2, -0.15) is 5.21 Å². The molecule has 5 nitrogen and oxygen atoms in total. The molecule has 2 aromatic rings. The molecule has 0 fully saturated rings. The minimum absolute atomic E-state index is 0.0181. The Balaban J connectivity index is 2.05. The Labute approximate surface area is 104 Å². The number of aromatic nitrogens is 4. The minimum Gasteiger partial charge on any atom is -0.292 e. The van der Waals surface area contributed by atoms with Crippen LogP contribution in [0.3, 0.4) is 0 Å². The molecule has 0 bridgehead atoms. The van der Waals surface area contributed by atoms with Gasteiger partial charge in [-0.25, -0.2) is 0 Å². The van der Waals surface area contributed by atoms with Crippen LogP contribution in [0.2, 0.25) is 0 Å². The quantitative estimate of drug-likeness (QED) is 0.530. The van der Waals surface area contributed by atoms with E-state index >= 15 is 0 Å². The van der Waals surface area contributed by atoms with E-state index in [4.69, 9.17) is 0 Å². The van der Waals surface area contributed by atoms with Crippen molar-refractivity contribution >= 4 is 33.5 Å². The number of Topliss-reactive ketones (excluding diaryl/α,β-unsaturated/α-hetero) is 1. The number of carbonyl (C=O) groups is 1. The highest BCUT2D eigenvalue weighted by Crippen LogP contribution is 2.26. The number of alkyl halides is 1. The predicted octanol–water partition coefficient (Wildman–Crippen LogP) is 1.90. The van der Waals surface area contributed by atoms with Gasteiger partial charge in [0.1, 0.15) is 4.16 Å². The minimum atomic E-state index is -0.410. The lowest BCUT2D eigenvalue weighted by atomic mass is 10.2. The first kappa shape index (κ1) is 11.3. The molecule has 0 radical (unpaired) electrons. The van der Waals surface area contributed by atoms with E-state index in [2.05, 4.69) is 36.6 Å². The van der Waals surface area contributed by atoms with Crippen molar-refractivity contribution in [3.8, 4) is 0 Å². The molecule has 7 heteroatoms. The first-order valence-corrected chi connectivity index (χ1v) is 6.20. The van der Waals surface area contributed by atoms with Crippen molar-refractivity contribution in [2.75, 3.05) is 0 Å². The average molecular weight is 299 g/mol. The maximum absolute atomic E-state index is 11.9. The van der Waals surface area contributed by atoms with Crippen LogP contribution in [0.25, 0.3) is 0 Å². The second-order valence-electron chi connectivity index (χ2n) is 2.86. The molecule has 0 saturated heterocycles. The molecule has 0 aliphatic carbocycles. The van der Waals surface area contributed by atoms with E-state index in [1.807, 2.05) is 18.2 Å². The summed E-state index contributed by atoms with van der Waals surface area (Å²) >= 11 is 4.50. The standard InChI is InChI=1S/C9H7BrN4OS/c10-8(16-9-11-13-14-12-9)7(15)6-4-2-1-3-5-6/h1-5,8H,(H,11,12,13,14). The van der Waals surface area contributed by atoms with Gasteiger partial charge >= 0.3 is 0 Å². The smallest absolute Gasteiger partial charge is 0.232 e. The maximum atomic E-state index is 11.9. The lowest BCUT2D eigenvalue weighted by molar-refractivity contribution is 0.101. The van der Waals surface area contributed by atoms with Crippen LogP contribution in [0.1, 0.15) is 10.4 Å². The zero-order valence-corrected chi connectivity index (χ0v) is 10.4. The fraction of sp³-hybridized carbons (Fsp3) is 0.111. The van der Waals surface area contributed by atoms with E-state index in [9.17, 15) is 4.79 Å². The van der Waals surface area contributed by atoms with E-state index in [-0.39, 0.29) is 5.78 Å². The highest BCUT2D eigenvalue weighted by molar-refractivity contribution is 9.11. The lowest BCUT2D eigenvalue weighted by Gasteiger charge is -2.05. The van der Waals surface area contributed by atoms with E-state index in [0.717, 1.165) is 0 Å². The first-order chi connectivity index (χ1) is 7.77. The fourth-order valence-electron chi connectivity index (χ4n) is 1.08. The molecule has 2 rings (SSSR count). The molecule has 1 unspecified atom stereocenters. The van der Waals surface area contributed by atoms with Crippen LogP contribution in [0.15, 0.2) is 35.5 Å². The number of aromatic amines is 1. The van der Waals surface area contributed by atoms with E-state index < -0.39 is 4.16 Å². The number of hydrogen-bond donors (Lipinski definition) is 1. The zero-order valence-electron chi connectivity index (χ0n) is 8.00. The number of nitrogens with zero attached hydrogens (tertiary/aromatic N) is 3. The molecule has 1 aromatic heterocycles. The number of rotatable bonds is 4. The van der Waals surface area contributed by atoms with Crippen LogP contribution in [0.4, 0.5) is 0 Å². The first-order valence-electron chi connectivity index (χ1n) is 4.41. The van der Waals surface area contributed by atoms with Gasteiger partial charge in [0.25, 0.3) is 0 Å². The molecule has 1 N–H and O–H groups in total. The van der Waals surface area contributed by atoms with Gasteiger partial charge in [-0.15, -0.1) is 10.2 Å². The molecule has 82 valence electrons. The summed E-state index contributed by atoms with van der Waals surface area (Å²) < 4.78 is -0.410. The number of tetrazole rings is 1. The molecule has 1 heterocycles. The van der Waals surface area contributed by atoms with Crippen molar-refractivity contribution < 1.29 is 4.79 Å². The highest BCUT2D eigenvalue weighted by atomic mass is 79.9. The van der Waals surface area contributed by atoms with Crippen molar-refractivity contribution in [3.05, 3.63) is 35.9 Å². The van der Waals surface area contributed by atoms with Gasteiger partial charge in [0, 0.05) is 5.56 Å². The summed E-state index contributed by atoms with van der Waals surface area (Å²) in [5.41, 5.74) is 0.653. The van der Waals surface area contributed by atoms with Crippen LogP contribution in [-0.4, -0.2) is 30.6 Å². The Bertz CT molecular complexity index is 462. The molecule has 1 aromatic carbocycles. The van der Waals surface area contributed by atoms with Crippen molar-refractivity contribution in [1.82, 2.24) is 20.6 Å². The Morgan fingerprint density at radius 3 is 2.75 bits per heavy atom. The largest absolute Gasteiger partial charge is 0.292 e. The molecular weight excluding hydrogens is 292 g/mol. The van der Waals surface area contributed by atoms with Crippen LogP contribution in [0, 0.1) is 0 Å². The van der Waals surface area contributed by atoms with Gasteiger partial charge in [0.05, 0.1) is 0 Å². The summed E-state index contributed by atoms with van der Waals surface area (Å²) in [4.78, 5) is 11.9. The summed E-state index contributed by atoms with van der Waals surface area (Å²) in [6.07, 6.45) is 0. The topological polar surface area (TPSA) is 71.5 Å². The molecule has 1 atom stereocenters. The molecule has 0 aliphatic rings. The van der Waals surface area contributed by atoms with Gasteiger partial charge < -0.3 is 0 Å².